The maximum atomic E-state index is 11.7. The summed E-state index contributed by atoms with van der Waals surface area (Å²) >= 11 is 0. The second kappa shape index (κ2) is 5.12. The van der Waals surface area contributed by atoms with E-state index in [0.717, 1.165) is 24.8 Å². The smallest absolute Gasteiger partial charge is 0.223 e. The second-order valence-electron chi connectivity index (χ2n) is 4.28. The Hall–Kier alpha value is -1.35. The Morgan fingerprint density at radius 1 is 1.38 bits per heavy atom. The summed E-state index contributed by atoms with van der Waals surface area (Å²) in [6.45, 7) is -0.0531. The van der Waals surface area contributed by atoms with E-state index in [9.17, 15) is 9.90 Å². The third-order valence-corrected chi connectivity index (χ3v) is 3.18. The van der Waals surface area contributed by atoms with Crippen molar-refractivity contribution >= 4 is 5.91 Å². The minimum absolute atomic E-state index is 0.0531. The van der Waals surface area contributed by atoms with E-state index in [2.05, 4.69) is 5.32 Å². The first-order valence-electron chi connectivity index (χ1n) is 5.77. The molecule has 1 saturated carbocycles. The van der Waals surface area contributed by atoms with Crippen LogP contribution in [0.4, 0.5) is 0 Å². The molecular weight excluding hydrogens is 202 g/mol. The van der Waals surface area contributed by atoms with Crippen molar-refractivity contribution in [3.05, 3.63) is 35.9 Å². The quantitative estimate of drug-likeness (QED) is 0.808. The number of benzene rings is 1. The van der Waals surface area contributed by atoms with Crippen LogP contribution in [-0.2, 0) is 4.79 Å². The number of carbonyl (C=O) groups excluding carboxylic acids is 1. The Balaban J connectivity index is 1.97. The van der Waals surface area contributed by atoms with Gasteiger partial charge in [-0.3, -0.25) is 4.79 Å². The molecule has 1 aromatic rings. The molecule has 0 saturated heterocycles. The van der Waals surface area contributed by atoms with Gasteiger partial charge in [0.1, 0.15) is 0 Å². The molecule has 1 aromatic carbocycles. The molecule has 86 valence electrons. The van der Waals surface area contributed by atoms with Crippen molar-refractivity contribution in [1.29, 1.82) is 0 Å². The van der Waals surface area contributed by atoms with Gasteiger partial charge in [0.25, 0.3) is 0 Å². The Bertz CT molecular complexity index is 346. The van der Waals surface area contributed by atoms with Crippen LogP contribution in [0.3, 0.4) is 0 Å². The highest BCUT2D eigenvalue weighted by Gasteiger charge is 2.26. The summed E-state index contributed by atoms with van der Waals surface area (Å²) in [5.74, 6) is 0.243. The summed E-state index contributed by atoms with van der Waals surface area (Å²) < 4.78 is 0. The molecule has 0 spiro atoms. The predicted molar refractivity (Wildman–Crippen MR) is 61.8 cm³/mol. The van der Waals surface area contributed by atoms with E-state index in [4.69, 9.17) is 0 Å². The van der Waals surface area contributed by atoms with Crippen molar-refractivity contribution in [2.75, 3.05) is 6.61 Å². The zero-order valence-corrected chi connectivity index (χ0v) is 9.23. The number of aliphatic hydroxyl groups excluding tert-OH is 1. The number of hydrogen-bond donors (Lipinski definition) is 2. The minimum Gasteiger partial charge on any atom is -0.394 e. The van der Waals surface area contributed by atoms with Crippen LogP contribution in [0, 0.1) is 5.92 Å². The Morgan fingerprint density at radius 3 is 2.56 bits per heavy atom. The SMILES string of the molecule is O=C(N[C@H](CO)c1ccccc1)C1CCC1. The molecule has 1 atom stereocenters. The largest absolute Gasteiger partial charge is 0.394 e. The molecule has 0 radical (unpaired) electrons. The van der Waals surface area contributed by atoms with Gasteiger partial charge < -0.3 is 10.4 Å². The van der Waals surface area contributed by atoms with Crippen molar-refractivity contribution in [3.8, 4) is 0 Å². The molecule has 16 heavy (non-hydrogen) atoms. The molecule has 0 heterocycles. The van der Waals surface area contributed by atoms with Gasteiger partial charge in [0, 0.05) is 5.92 Å². The third kappa shape index (κ3) is 2.42. The average Bonchev–Trinajstić information content (AvgIpc) is 2.24. The van der Waals surface area contributed by atoms with Crippen LogP contribution >= 0.6 is 0 Å². The number of hydrogen-bond acceptors (Lipinski definition) is 2. The summed E-state index contributed by atoms with van der Waals surface area (Å²) in [5.41, 5.74) is 0.956. The average molecular weight is 219 g/mol. The van der Waals surface area contributed by atoms with Crippen LogP contribution in [-0.4, -0.2) is 17.6 Å². The van der Waals surface area contributed by atoms with E-state index < -0.39 is 0 Å². The van der Waals surface area contributed by atoms with Crippen molar-refractivity contribution in [2.45, 2.75) is 25.3 Å². The first-order chi connectivity index (χ1) is 7.81. The molecule has 0 bridgehead atoms. The summed E-state index contributed by atoms with van der Waals surface area (Å²) in [6.07, 6.45) is 3.12. The molecule has 2 N–H and O–H groups in total. The molecule has 1 aliphatic carbocycles. The number of rotatable bonds is 4. The lowest BCUT2D eigenvalue weighted by atomic mass is 9.84. The van der Waals surface area contributed by atoms with Crippen molar-refractivity contribution in [3.63, 3.8) is 0 Å². The molecule has 2 rings (SSSR count). The number of aliphatic hydroxyl groups is 1. The Kier molecular flexibility index (Phi) is 3.57. The molecule has 0 aromatic heterocycles. The van der Waals surface area contributed by atoms with Crippen LogP contribution in [0.15, 0.2) is 30.3 Å². The lowest BCUT2D eigenvalue weighted by Crippen LogP contribution is -2.38. The van der Waals surface area contributed by atoms with Crippen molar-refractivity contribution < 1.29 is 9.90 Å². The molecule has 3 heteroatoms. The van der Waals surface area contributed by atoms with Gasteiger partial charge in [0.05, 0.1) is 12.6 Å². The lowest BCUT2D eigenvalue weighted by Gasteiger charge is -2.26. The highest BCUT2D eigenvalue weighted by molar-refractivity contribution is 5.79. The second-order valence-corrected chi connectivity index (χ2v) is 4.28. The molecule has 3 nitrogen and oxygen atoms in total. The van der Waals surface area contributed by atoms with Crippen LogP contribution in [0.25, 0.3) is 0 Å². The van der Waals surface area contributed by atoms with Gasteiger partial charge in [-0.25, -0.2) is 0 Å². The Labute approximate surface area is 95.5 Å². The fourth-order valence-electron chi connectivity index (χ4n) is 1.88. The summed E-state index contributed by atoms with van der Waals surface area (Å²) in [5, 5.41) is 12.2. The zero-order chi connectivity index (χ0) is 11.4. The summed E-state index contributed by atoms with van der Waals surface area (Å²) in [6, 6.07) is 9.31. The van der Waals surface area contributed by atoms with E-state index in [-0.39, 0.29) is 24.5 Å². The van der Waals surface area contributed by atoms with Gasteiger partial charge >= 0.3 is 0 Å². The Morgan fingerprint density at radius 2 is 2.06 bits per heavy atom. The van der Waals surface area contributed by atoms with Gasteiger partial charge in [0.15, 0.2) is 0 Å². The normalized spacial score (nSPS) is 17.6. The number of carbonyl (C=O) groups is 1. The fraction of sp³-hybridized carbons (Fsp3) is 0.462. The van der Waals surface area contributed by atoms with Gasteiger partial charge in [-0.1, -0.05) is 36.8 Å². The highest BCUT2D eigenvalue weighted by Crippen LogP contribution is 2.27. The number of amides is 1. The first kappa shape index (κ1) is 11.1. The van der Waals surface area contributed by atoms with Gasteiger partial charge in [-0.15, -0.1) is 0 Å². The van der Waals surface area contributed by atoms with Gasteiger partial charge in [0.2, 0.25) is 5.91 Å². The zero-order valence-electron chi connectivity index (χ0n) is 9.23. The van der Waals surface area contributed by atoms with E-state index >= 15 is 0 Å². The molecule has 1 fully saturated rings. The number of nitrogens with one attached hydrogen (secondary N) is 1. The van der Waals surface area contributed by atoms with Crippen molar-refractivity contribution in [1.82, 2.24) is 5.32 Å². The predicted octanol–water partition coefficient (Wildman–Crippen LogP) is 1.64. The van der Waals surface area contributed by atoms with Crippen LogP contribution in [0.1, 0.15) is 30.9 Å². The molecular formula is C13H17NO2. The fourth-order valence-corrected chi connectivity index (χ4v) is 1.88. The highest BCUT2D eigenvalue weighted by atomic mass is 16.3. The maximum Gasteiger partial charge on any atom is 0.223 e. The third-order valence-electron chi connectivity index (χ3n) is 3.18. The van der Waals surface area contributed by atoms with Crippen LogP contribution in [0.5, 0.6) is 0 Å². The summed E-state index contributed by atoms with van der Waals surface area (Å²) in [4.78, 5) is 11.7. The first-order valence-corrected chi connectivity index (χ1v) is 5.77. The summed E-state index contributed by atoms with van der Waals surface area (Å²) in [7, 11) is 0. The van der Waals surface area contributed by atoms with Crippen LogP contribution < -0.4 is 5.32 Å². The monoisotopic (exact) mass is 219 g/mol. The molecule has 1 amide bonds. The minimum atomic E-state index is -0.269. The molecule has 1 aliphatic rings. The lowest BCUT2D eigenvalue weighted by molar-refractivity contribution is -0.128. The van der Waals surface area contributed by atoms with E-state index in [1.54, 1.807) is 0 Å². The molecule has 0 aliphatic heterocycles. The van der Waals surface area contributed by atoms with Gasteiger partial charge in [-0.2, -0.15) is 0 Å². The van der Waals surface area contributed by atoms with E-state index in [1.165, 1.54) is 0 Å². The van der Waals surface area contributed by atoms with Crippen molar-refractivity contribution in [2.24, 2.45) is 5.92 Å². The van der Waals surface area contributed by atoms with Gasteiger partial charge in [-0.05, 0) is 18.4 Å². The van der Waals surface area contributed by atoms with E-state index in [0.29, 0.717) is 0 Å². The topological polar surface area (TPSA) is 49.3 Å². The van der Waals surface area contributed by atoms with E-state index in [1.807, 2.05) is 30.3 Å². The maximum absolute atomic E-state index is 11.7. The van der Waals surface area contributed by atoms with Crippen LogP contribution in [0.2, 0.25) is 0 Å². The molecule has 0 unspecified atom stereocenters. The standard InChI is InChI=1S/C13H17NO2/c15-9-12(10-5-2-1-3-6-10)14-13(16)11-7-4-8-11/h1-3,5-6,11-12,15H,4,7-9H2,(H,14,16)/t12-/m1/s1.